The Labute approximate surface area is 377 Å². The van der Waals surface area contributed by atoms with Gasteiger partial charge in [0.15, 0.2) is 0 Å². The summed E-state index contributed by atoms with van der Waals surface area (Å²) in [4.78, 5) is 24.7. The second-order valence-electron chi connectivity index (χ2n) is 19.2. The number of nitrogens with one attached hydrogen (secondary N) is 1. The van der Waals surface area contributed by atoms with Crippen LogP contribution in [0.1, 0.15) is 322 Å². The number of amides is 1. The number of carbonyl (C=O) groups is 2. The van der Waals surface area contributed by atoms with E-state index < -0.39 is 0 Å². The van der Waals surface area contributed by atoms with E-state index in [1.165, 1.54) is 250 Å². The molecule has 0 radical (unpaired) electrons. The minimum Gasteiger partial charge on any atom is -0.394 e. The van der Waals surface area contributed by atoms with Crippen molar-refractivity contribution in [1.82, 2.24) is 5.32 Å². The van der Waals surface area contributed by atoms with Crippen LogP contribution < -0.4 is 5.32 Å². The fourth-order valence-corrected chi connectivity index (χ4v) is 8.87. The Bertz CT molecular complexity index is 871. The van der Waals surface area contributed by atoms with Gasteiger partial charge in [-0.3, -0.25) is 9.59 Å². The van der Waals surface area contributed by atoms with Crippen LogP contribution in [0.5, 0.6) is 0 Å². The molecular formula is C56H109NO3. The first-order valence-corrected chi connectivity index (χ1v) is 27.7. The van der Waals surface area contributed by atoms with Crippen molar-refractivity contribution >= 4 is 11.7 Å². The van der Waals surface area contributed by atoms with Gasteiger partial charge in [-0.25, -0.2) is 0 Å². The Kier molecular flexibility index (Phi) is 51.2. The lowest BCUT2D eigenvalue weighted by atomic mass is 10.0. The molecule has 0 aromatic rings. The van der Waals surface area contributed by atoms with Gasteiger partial charge in [0.05, 0.1) is 12.6 Å². The highest BCUT2D eigenvalue weighted by molar-refractivity contribution is 5.78. The zero-order valence-corrected chi connectivity index (χ0v) is 41.1. The SMILES string of the molecule is CCCCCCCC/C=C\CCCCCCCCCCCC(=O)CCCCCCCCCCCCCCCC(=O)NC(CO)CCCCCCCCCCCCCCCC. The Hall–Kier alpha value is -1.16. The molecule has 4 nitrogen and oxygen atoms in total. The van der Waals surface area contributed by atoms with Crippen LogP contribution >= 0.6 is 0 Å². The first-order chi connectivity index (χ1) is 29.6. The lowest BCUT2D eigenvalue weighted by molar-refractivity contribution is -0.122. The van der Waals surface area contributed by atoms with Crippen LogP contribution in [0, 0.1) is 0 Å². The number of Topliss-reactive ketones (excluding diaryl/α,β-unsaturated/α-hetero) is 1. The molecule has 0 aliphatic carbocycles. The predicted octanol–water partition coefficient (Wildman–Crippen LogP) is 18.4. The van der Waals surface area contributed by atoms with E-state index in [2.05, 4.69) is 31.3 Å². The van der Waals surface area contributed by atoms with Gasteiger partial charge in [0, 0.05) is 19.3 Å². The first-order valence-electron chi connectivity index (χ1n) is 27.7. The lowest BCUT2D eigenvalue weighted by Gasteiger charge is -2.16. The quantitative estimate of drug-likeness (QED) is 0.0473. The highest BCUT2D eigenvalue weighted by Gasteiger charge is 2.11. The average molecular weight is 844 g/mol. The molecule has 2 N–H and O–H groups in total. The van der Waals surface area contributed by atoms with Crippen molar-refractivity contribution in [2.24, 2.45) is 0 Å². The largest absolute Gasteiger partial charge is 0.394 e. The number of unbranched alkanes of at least 4 members (excludes halogenated alkanes) is 40. The summed E-state index contributed by atoms with van der Waals surface area (Å²) in [6.45, 7) is 4.63. The monoisotopic (exact) mass is 844 g/mol. The maximum atomic E-state index is 12.4. The van der Waals surface area contributed by atoms with Crippen LogP contribution in [0.3, 0.4) is 0 Å². The predicted molar refractivity (Wildman–Crippen MR) is 266 cm³/mol. The summed E-state index contributed by atoms with van der Waals surface area (Å²) in [5.41, 5.74) is 0. The number of ketones is 1. The molecule has 0 saturated carbocycles. The van der Waals surface area contributed by atoms with Crippen LogP contribution in [0.25, 0.3) is 0 Å². The van der Waals surface area contributed by atoms with Crippen LogP contribution in [0.15, 0.2) is 12.2 Å². The Morgan fingerprint density at radius 2 is 0.633 bits per heavy atom. The smallest absolute Gasteiger partial charge is 0.220 e. The third-order valence-electron chi connectivity index (χ3n) is 13.1. The fraction of sp³-hybridized carbons (Fsp3) is 0.929. The standard InChI is InChI=1S/C56H109NO3/c1-3-5-7-9-11-13-15-17-19-20-21-22-23-26-30-34-38-42-46-50-55(59)51-47-43-39-35-31-27-24-28-32-36-40-44-48-52-56(60)57-54(53-58)49-45-41-37-33-29-25-18-16-14-12-10-8-6-4-2/h17,19,54,58H,3-16,18,20-53H2,1-2H3,(H,57,60)/b19-17-. The van der Waals surface area contributed by atoms with Crippen LogP contribution in [-0.4, -0.2) is 29.4 Å². The Morgan fingerprint density at radius 1 is 0.367 bits per heavy atom. The van der Waals surface area contributed by atoms with Crippen molar-refractivity contribution in [1.29, 1.82) is 0 Å². The number of aliphatic hydroxyl groups is 1. The molecule has 60 heavy (non-hydrogen) atoms. The Balaban J connectivity index is 3.36. The summed E-state index contributed by atoms with van der Waals surface area (Å²) in [7, 11) is 0. The molecular weight excluding hydrogens is 735 g/mol. The molecule has 1 unspecified atom stereocenters. The number of allylic oxidation sites excluding steroid dienone is 2. The van der Waals surface area contributed by atoms with Gasteiger partial charge in [-0.1, -0.05) is 264 Å². The summed E-state index contributed by atoms with van der Waals surface area (Å²) in [6.07, 6.45) is 65.9. The second kappa shape index (κ2) is 52.2. The van der Waals surface area contributed by atoms with Crippen molar-refractivity contribution in [2.75, 3.05) is 6.61 Å². The molecule has 1 amide bonds. The molecule has 356 valence electrons. The minimum atomic E-state index is -0.0686. The van der Waals surface area contributed by atoms with Crippen molar-refractivity contribution in [3.8, 4) is 0 Å². The number of rotatable bonds is 52. The van der Waals surface area contributed by atoms with Crippen molar-refractivity contribution in [3.63, 3.8) is 0 Å². The second-order valence-corrected chi connectivity index (χ2v) is 19.2. The molecule has 0 fully saturated rings. The van der Waals surface area contributed by atoms with E-state index in [4.69, 9.17) is 0 Å². The average Bonchev–Trinajstić information content (AvgIpc) is 3.25. The van der Waals surface area contributed by atoms with E-state index in [-0.39, 0.29) is 18.6 Å². The Morgan fingerprint density at radius 3 is 0.950 bits per heavy atom. The highest BCUT2D eigenvalue weighted by Crippen LogP contribution is 2.17. The maximum Gasteiger partial charge on any atom is 0.220 e. The molecule has 0 saturated heterocycles. The normalized spacial score (nSPS) is 12.2. The van der Waals surface area contributed by atoms with Crippen molar-refractivity contribution in [2.45, 2.75) is 328 Å². The summed E-state index contributed by atoms with van der Waals surface area (Å²) in [5.74, 6) is 0.621. The molecule has 0 rings (SSSR count). The summed E-state index contributed by atoms with van der Waals surface area (Å²) in [6, 6.07) is -0.0686. The topological polar surface area (TPSA) is 66.4 Å². The fourth-order valence-electron chi connectivity index (χ4n) is 8.87. The molecule has 0 aromatic carbocycles. The summed E-state index contributed by atoms with van der Waals surface area (Å²) in [5, 5.41) is 12.8. The minimum absolute atomic E-state index is 0.0595. The third kappa shape index (κ3) is 49.5. The number of aliphatic hydroxyl groups excluding tert-OH is 1. The van der Waals surface area contributed by atoms with Crippen LogP contribution in [0.2, 0.25) is 0 Å². The van der Waals surface area contributed by atoms with E-state index >= 15 is 0 Å². The van der Waals surface area contributed by atoms with Gasteiger partial charge in [0.2, 0.25) is 5.91 Å². The van der Waals surface area contributed by atoms with Gasteiger partial charge in [-0.05, 0) is 51.4 Å². The van der Waals surface area contributed by atoms with Crippen LogP contribution in [-0.2, 0) is 9.59 Å². The molecule has 0 heterocycles. The molecule has 0 aliphatic heterocycles. The van der Waals surface area contributed by atoms with Gasteiger partial charge in [0.1, 0.15) is 5.78 Å². The zero-order chi connectivity index (χ0) is 43.5. The number of hydrogen-bond donors (Lipinski definition) is 2. The molecule has 4 heteroatoms. The highest BCUT2D eigenvalue weighted by atomic mass is 16.3. The van der Waals surface area contributed by atoms with E-state index in [0.29, 0.717) is 12.2 Å². The van der Waals surface area contributed by atoms with Crippen LogP contribution in [0.4, 0.5) is 0 Å². The van der Waals surface area contributed by atoms with E-state index in [0.717, 1.165) is 51.4 Å². The molecule has 0 aliphatic rings. The van der Waals surface area contributed by atoms with Gasteiger partial charge in [-0.15, -0.1) is 0 Å². The van der Waals surface area contributed by atoms with E-state index in [9.17, 15) is 14.7 Å². The summed E-state index contributed by atoms with van der Waals surface area (Å²) >= 11 is 0. The van der Waals surface area contributed by atoms with Crippen molar-refractivity contribution < 1.29 is 14.7 Å². The van der Waals surface area contributed by atoms with Crippen molar-refractivity contribution in [3.05, 3.63) is 12.2 Å². The third-order valence-corrected chi connectivity index (χ3v) is 13.1. The summed E-state index contributed by atoms with van der Waals surface area (Å²) < 4.78 is 0. The number of hydrogen-bond acceptors (Lipinski definition) is 3. The number of carbonyl (C=O) groups excluding carboxylic acids is 2. The van der Waals surface area contributed by atoms with Gasteiger partial charge in [0.25, 0.3) is 0 Å². The molecule has 1 atom stereocenters. The van der Waals surface area contributed by atoms with Gasteiger partial charge in [-0.2, -0.15) is 0 Å². The first kappa shape index (κ1) is 58.8. The van der Waals surface area contributed by atoms with Gasteiger partial charge < -0.3 is 10.4 Å². The molecule has 0 aromatic heterocycles. The zero-order valence-electron chi connectivity index (χ0n) is 41.1. The molecule has 0 bridgehead atoms. The van der Waals surface area contributed by atoms with E-state index in [1.807, 2.05) is 0 Å². The molecule has 0 spiro atoms. The lowest BCUT2D eigenvalue weighted by Crippen LogP contribution is -2.37. The van der Waals surface area contributed by atoms with Gasteiger partial charge >= 0.3 is 0 Å². The van der Waals surface area contributed by atoms with E-state index in [1.54, 1.807) is 0 Å². The maximum absolute atomic E-state index is 12.4.